The van der Waals surface area contributed by atoms with Gasteiger partial charge in [-0.05, 0) is 42.1 Å². The topological polar surface area (TPSA) is 21.3 Å². The zero-order chi connectivity index (χ0) is 33.6. The predicted molar refractivity (Wildman–Crippen MR) is 210 cm³/mol. The Morgan fingerprint density at radius 3 is 1.46 bits per heavy atom. The quantitative estimate of drug-likeness (QED) is 0.165. The molecule has 0 bridgehead atoms. The van der Waals surface area contributed by atoms with Crippen LogP contribution in [0, 0.1) is 24.9 Å². The summed E-state index contributed by atoms with van der Waals surface area (Å²) in [6.07, 6.45) is 2.20. The van der Waals surface area contributed by atoms with Crippen LogP contribution in [0.4, 0.5) is 5.69 Å². The Labute approximate surface area is 315 Å². The maximum Gasteiger partial charge on any atom is 4.00 e. The molecule has 1 aliphatic rings. The summed E-state index contributed by atoms with van der Waals surface area (Å²) in [4.78, 5) is 4.37. The number of hydrogen-bond acceptors (Lipinski definition) is 2. The van der Waals surface area contributed by atoms with Gasteiger partial charge in [-0.1, -0.05) is 95.2 Å². The van der Waals surface area contributed by atoms with E-state index in [2.05, 4.69) is 195 Å². The van der Waals surface area contributed by atoms with Gasteiger partial charge in [0.05, 0.1) is 16.9 Å². The van der Waals surface area contributed by atoms with E-state index in [1.807, 2.05) is 12.1 Å². The molecule has 0 saturated carbocycles. The van der Waals surface area contributed by atoms with Crippen molar-refractivity contribution in [3.63, 3.8) is 0 Å². The maximum atomic E-state index is 3.87. The second-order valence-electron chi connectivity index (χ2n) is 13.2. The third kappa shape index (κ3) is 4.39. The summed E-state index contributed by atoms with van der Waals surface area (Å²) < 4.78 is 6.93. The minimum Gasteiger partial charge on any atom is -0.498 e. The molecule has 6 heteroatoms. The molecule has 0 unspecified atom stereocenters. The van der Waals surface area contributed by atoms with Crippen molar-refractivity contribution in [2.45, 2.75) is 0 Å². The van der Waals surface area contributed by atoms with Crippen molar-refractivity contribution in [3.8, 4) is 11.4 Å². The van der Waals surface area contributed by atoms with Gasteiger partial charge in [0.25, 0.3) is 0 Å². The van der Waals surface area contributed by atoms with E-state index in [1.54, 1.807) is 0 Å². The fourth-order valence-electron chi connectivity index (χ4n) is 8.08. The molecular weight excluding hydrogens is 818 g/mol. The van der Waals surface area contributed by atoms with E-state index in [0.29, 0.717) is 0 Å². The first-order valence-corrected chi connectivity index (χ1v) is 17.2. The Bertz CT molecular complexity index is 2980. The first-order valence-electron chi connectivity index (χ1n) is 17.2. The van der Waals surface area contributed by atoms with E-state index >= 15 is 0 Å². The molecule has 4 heterocycles. The van der Waals surface area contributed by atoms with E-state index in [1.165, 1.54) is 32.6 Å². The van der Waals surface area contributed by atoms with Gasteiger partial charge in [-0.3, -0.25) is 4.57 Å². The van der Waals surface area contributed by atoms with Crippen molar-refractivity contribution in [2.24, 2.45) is 0 Å². The van der Waals surface area contributed by atoms with E-state index in [0.717, 1.165) is 55.7 Å². The number of nitrogens with zero attached hydrogens (tertiary/aromatic N) is 5. The van der Waals surface area contributed by atoms with Gasteiger partial charge in [-0.25, -0.2) is 0 Å². The smallest absolute Gasteiger partial charge is 0.498 e. The van der Waals surface area contributed by atoms with Gasteiger partial charge in [0, 0.05) is 28.0 Å². The Kier molecular flexibility index (Phi) is 6.96. The van der Waals surface area contributed by atoms with Gasteiger partial charge in [-0.15, -0.1) is 46.8 Å². The van der Waals surface area contributed by atoms with E-state index in [4.69, 9.17) is 0 Å². The molecule has 52 heavy (non-hydrogen) atoms. The standard InChI is InChI=1S/C46H29N5.Pt/c1-47-30-48(29-46(47)51-42-21-11-7-15-34(42)35-16-8-12-22-43(35)51)32-23-25-38-37-18-6-10-20-41(37)50(44(38)27-32)33-24-26-39-36-17-5-9-19-40(36)49(45(39)28-33)31-13-3-2-4-14-31;/h2-13,15-26,29-30H,1H3;/q-4;+4. The number of para-hydroxylation sites is 5. The van der Waals surface area contributed by atoms with Crippen LogP contribution in [-0.2, 0) is 21.1 Å². The van der Waals surface area contributed by atoms with Gasteiger partial charge in [0.2, 0.25) is 0 Å². The van der Waals surface area contributed by atoms with Crippen molar-refractivity contribution in [3.05, 3.63) is 177 Å². The first kappa shape index (κ1) is 30.8. The Hall–Kier alpha value is -6.03. The van der Waals surface area contributed by atoms with Crippen LogP contribution >= 0.6 is 0 Å². The van der Waals surface area contributed by atoms with Crippen molar-refractivity contribution >= 4 is 76.9 Å². The molecule has 1 aliphatic heterocycles. The van der Waals surface area contributed by atoms with Crippen molar-refractivity contribution < 1.29 is 21.1 Å². The van der Waals surface area contributed by atoms with Crippen LogP contribution in [0.15, 0.2) is 152 Å². The van der Waals surface area contributed by atoms with Gasteiger partial charge < -0.3 is 18.9 Å². The molecule has 0 spiro atoms. The molecular formula is C46H29N5Pt. The predicted octanol–water partition coefficient (Wildman–Crippen LogP) is 10.7. The first-order chi connectivity index (χ1) is 25.2. The largest absolute Gasteiger partial charge is 4.00 e. The fourth-order valence-corrected chi connectivity index (χ4v) is 8.08. The minimum absolute atomic E-state index is 0. The maximum absolute atomic E-state index is 3.87. The molecule has 5 nitrogen and oxygen atoms in total. The monoisotopic (exact) mass is 846 g/mol. The normalized spacial score (nSPS) is 13.3. The molecule has 0 N–H and O–H groups in total. The molecule has 11 rings (SSSR count). The van der Waals surface area contributed by atoms with Crippen LogP contribution in [0.25, 0.3) is 82.6 Å². The second kappa shape index (κ2) is 11.8. The summed E-state index contributed by atoms with van der Waals surface area (Å²) in [6.45, 7) is 2.14. The summed E-state index contributed by atoms with van der Waals surface area (Å²) in [7, 11) is 2.11. The number of anilines is 1. The second-order valence-corrected chi connectivity index (χ2v) is 13.2. The Morgan fingerprint density at radius 2 is 0.904 bits per heavy atom. The average molecular weight is 847 g/mol. The molecule has 0 fully saturated rings. The number of rotatable bonds is 4. The number of aromatic nitrogens is 3. The summed E-state index contributed by atoms with van der Waals surface area (Å²) in [6, 6.07) is 62.6. The van der Waals surface area contributed by atoms with Crippen LogP contribution < -0.4 is 4.90 Å². The van der Waals surface area contributed by atoms with E-state index in [9.17, 15) is 0 Å². The van der Waals surface area contributed by atoms with Crippen LogP contribution in [-0.4, -0.2) is 25.6 Å². The van der Waals surface area contributed by atoms with Crippen LogP contribution in [0.1, 0.15) is 0 Å². The van der Waals surface area contributed by atoms with Crippen LogP contribution in [0.5, 0.6) is 0 Å². The molecule has 3 aromatic heterocycles. The zero-order valence-corrected chi connectivity index (χ0v) is 30.3. The molecule has 0 saturated heterocycles. The third-order valence-corrected chi connectivity index (χ3v) is 10.3. The fraction of sp³-hybridized carbons (Fsp3) is 0.0217. The van der Waals surface area contributed by atoms with E-state index < -0.39 is 0 Å². The molecule has 7 aromatic carbocycles. The van der Waals surface area contributed by atoms with Crippen LogP contribution in [0.3, 0.4) is 0 Å². The summed E-state index contributed by atoms with van der Waals surface area (Å²) >= 11 is 0. The molecule has 0 radical (unpaired) electrons. The van der Waals surface area contributed by atoms with Crippen molar-refractivity contribution in [2.75, 3.05) is 11.9 Å². The Morgan fingerprint density at radius 1 is 0.442 bits per heavy atom. The minimum atomic E-state index is 0. The SMILES string of the molecule is CN1[CH-]N(c2[c-]c3c(cc2)c2ccccc2n3-c2[c-]c3c(cc2)c2ccccc2n3-c2[c-]cccc2)C=C1n1c2ccccc2c2ccccc21.[Pt+4]. The summed E-state index contributed by atoms with van der Waals surface area (Å²) in [5.41, 5.74) is 9.57. The third-order valence-electron chi connectivity index (χ3n) is 10.3. The summed E-state index contributed by atoms with van der Waals surface area (Å²) in [5, 5.41) is 7.19. The number of benzene rings is 7. The molecule has 0 atom stereocenters. The molecule has 10 aromatic rings. The summed E-state index contributed by atoms with van der Waals surface area (Å²) in [5.74, 6) is 1.07. The molecule has 0 aliphatic carbocycles. The average Bonchev–Trinajstić information content (AvgIpc) is 3.92. The zero-order valence-electron chi connectivity index (χ0n) is 28.1. The number of fused-ring (bicyclic) bond motifs is 9. The van der Waals surface area contributed by atoms with Crippen LogP contribution in [0.2, 0.25) is 0 Å². The van der Waals surface area contributed by atoms with Gasteiger partial charge >= 0.3 is 21.1 Å². The number of hydrogen-bond donors (Lipinski definition) is 0. The molecule has 0 amide bonds. The van der Waals surface area contributed by atoms with Gasteiger partial charge in [0.15, 0.2) is 0 Å². The molecule has 248 valence electrons. The van der Waals surface area contributed by atoms with Crippen molar-refractivity contribution in [1.82, 2.24) is 18.6 Å². The van der Waals surface area contributed by atoms with Gasteiger partial charge in [0.1, 0.15) is 0 Å². The van der Waals surface area contributed by atoms with Crippen molar-refractivity contribution in [1.29, 1.82) is 0 Å². The van der Waals surface area contributed by atoms with Gasteiger partial charge in [-0.2, -0.15) is 43.1 Å². The Balaban J connectivity index is 0.00000338. The van der Waals surface area contributed by atoms with E-state index in [-0.39, 0.29) is 21.1 Å².